The largest absolute Gasteiger partial charge is 0.494 e. The quantitative estimate of drug-likeness (QED) is 0.0790. The number of carbonyl (C=O) groups excluding carboxylic acids is 1. The number of rotatable bonds is 12. The molecule has 5 rings (SSSR count). The van der Waals surface area contributed by atoms with Crippen LogP contribution in [-0.4, -0.2) is 35.7 Å². The van der Waals surface area contributed by atoms with Gasteiger partial charge in [0, 0.05) is 41.6 Å². The molecule has 0 saturated carbocycles. The van der Waals surface area contributed by atoms with E-state index in [1.165, 1.54) is 0 Å². The molecule has 3 N–H and O–H groups in total. The predicted octanol–water partition coefficient (Wildman–Crippen LogP) is 7.57. The first-order valence-electron chi connectivity index (χ1n) is 15.0. The second-order valence-corrected chi connectivity index (χ2v) is 12.0. The highest BCUT2D eigenvalue weighted by atomic mass is 79.9. The molecule has 1 aliphatic rings. The Labute approximate surface area is 286 Å². The first-order chi connectivity index (χ1) is 23.3. The lowest BCUT2D eigenvalue weighted by atomic mass is 9.82. The summed E-state index contributed by atoms with van der Waals surface area (Å²) >= 11 is 3.54. The van der Waals surface area contributed by atoms with Gasteiger partial charge in [0.25, 0.3) is 5.91 Å². The van der Waals surface area contributed by atoms with Crippen molar-refractivity contribution in [1.82, 2.24) is 10.9 Å². The molecule has 14 heteroatoms. The van der Waals surface area contributed by atoms with Crippen LogP contribution in [0.25, 0.3) is 0 Å². The highest BCUT2D eigenvalue weighted by Crippen LogP contribution is 2.44. The Kier molecular flexibility index (Phi) is 11.0. The number of carbonyl (C=O) groups is 1. The highest BCUT2D eigenvalue weighted by Gasteiger charge is 2.54. The van der Waals surface area contributed by atoms with Gasteiger partial charge < -0.3 is 14.6 Å². The van der Waals surface area contributed by atoms with Crippen LogP contribution in [0.5, 0.6) is 5.75 Å². The zero-order valence-electron chi connectivity index (χ0n) is 25.6. The average molecular weight is 751 g/mol. The predicted molar refractivity (Wildman–Crippen MR) is 172 cm³/mol. The van der Waals surface area contributed by atoms with E-state index in [0.717, 1.165) is 0 Å². The SMILES string of the molecule is O=C(NNCc1cc(C(F)(F)F)cc(C(F)(F)F)c1)[C@@]1(Cc2ccccc2)N=C(c2ccc(OCCCO)cc2)O[C@H]1c1ccccc1Br. The number of ether oxygens (including phenoxy) is 2. The second kappa shape index (κ2) is 15.0. The van der Waals surface area contributed by atoms with Crippen molar-refractivity contribution in [2.45, 2.75) is 43.4 Å². The first-order valence-corrected chi connectivity index (χ1v) is 15.8. The minimum atomic E-state index is -5.02. The standard InChI is InChI=1S/C35H30BrF6N3O4/c36-29-10-5-4-9-28(29)30-33(20-22-7-2-1-3-8-22,44-31(49-30)24-11-13-27(14-12-24)48-16-6-15-46)32(47)45-43-21-23-17-25(34(37,38)39)19-26(18-23)35(40,41)42/h1-5,7-14,17-19,30,43,46H,6,15-16,20-21H2,(H,45,47)/t30-,33-/m0/s1. The monoisotopic (exact) mass is 749 g/mol. The first kappa shape index (κ1) is 35.9. The van der Waals surface area contributed by atoms with Gasteiger partial charge in [0.1, 0.15) is 5.75 Å². The van der Waals surface area contributed by atoms with Crippen LogP contribution in [0.2, 0.25) is 0 Å². The average Bonchev–Trinajstić information content (AvgIpc) is 3.45. The molecule has 258 valence electrons. The second-order valence-electron chi connectivity index (χ2n) is 11.2. The summed E-state index contributed by atoms with van der Waals surface area (Å²) in [7, 11) is 0. The minimum absolute atomic E-state index is 0.0149. The van der Waals surface area contributed by atoms with E-state index in [0.29, 0.717) is 52.1 Å². The van der Waals surface area contributed by atoms with E-state index in [2.05, 4.69) is 26.8 Å². The van der Waals surface area contributed by atoms with Crippen molar-refractivity contribution in [2.24, 2.45) is 4.99 Å². The molecule has 0 bridgehead atoms. The van der Waals surface area contributed by atoms with Crippen LogP contribution in [0.1, 0.15) is 45.9 Å². The lowest BCUT2D eigenvalue weighted by molar-refractivity contribution is -0.143. The Morgan fingerprint density at radius 3 is 2.12 bits per heavy atom. The lowest BCUT2D eigenvalue weighted by Crippen LogP contribution is -2.53. The molecule has 0 radical (unpaired) electrons. The number of aliphatic hydroxyl groups excluding tert-OH is 1. The number of benzene rings is 4. The lowest BCUT2D eigenvalue weighted by Gasteiger charge is -2.31. The van der Waals surface area contributed by atoms with Gasteiger partial charge in [0.05, 0.1) is 17.7 Å². The fourth-order valence-electron chi connectivity index (χ4n) is 5.31. The number of hydrogen-bond acceptors (Lipinski definition) is 6. The smallest absolute Gasteiger partial charge is 0.416 e. The number of amides is 1. The number of aliphatic hydroxyl groups is 1. The Bertz CT molecular complexity index is 1750. The van der Waals surface area contributed by atoms with Gasteiger partial charge in [0.2, 0.25) is 5.90 Å². The Balaban J connectivity index is 1.51. The van der Waals surface area contributed by atoms with Gasteiger partial charge in [-0.2, -0.15) is 26.3 Å². The number of aliphatic imine (C=N–C) groups is 1. The summed E-state index contributed by atoms with van der Waals surface area (Å²) in [6.45, 7) is -0.272. The molecule has 0 aliphatic carbocycles. The molecule has 7 nitrogen and oxygen atoms in total. The number of nitrogens with one attached hydrogen (secondary N) is 2. The van der Waals surface area contributed by atoms with Gasteiger partial charge >= 0.3 is 12.4 Å². The molecule has 0 unspecified atom stereocenters. The van der Waals surface area contributed by atoms with Crippen LogP contribution in [0.15, 0.2) is 107 Å². The molecule has 1 heterocycles. The molecule has 1 amide bonds. The zero-order valence-corrected chi connectivity index (χ0v) is 27.2. The van der Waals surface area contributed by atoms with Crippen LogP contribution in [0.3, 0.4) is 0 Å². The molecule has 0 spiro atoms. The maximum absolute atomic E-state index is 14.3. The summed E-state index contributed by atoms with van der Waals surface area (Å²) in [4.78, 5) is 19.2. The molecule has 0 saturated heterocycles. The van der Waals surface area contributed by atoms with Gasteiger partial charge in [-0.15, -0.1) is 0 Å². The Morgan fingerprint density at radius 1 is 0.878 bits per heavy atom. The summed E-state index contributed by atoms with van der Waals surface area (Å²) in [5, 5.41) is 9.03. The Hall–Kier alpha value is -4.40. The summed E-state index contributed by atoms with van der Waals surface area (Å²) < 4.78 is 93.4. The number of hydrogen-bond donors (Lipinski definition) is 3. The fraction of sp³-hybridized carbons (Fsp3) is 0.257. The fourth-order valence-corrected chi connectivity index (χ4v) is 5.80. The van der Waals surface area contributed by atoms with Gasteiger partial charge in [-0.05, 0) is 59.7 Å². The number of nitrogens with zero attached hydrogens (tertiary/aromatic N) is 1. The van der Waals surface area contributed by atoms with Crippen LogP contribution in [0, 0.1) is 0 Å². The molecule has 4 aromatic carbocycles. The van der Waals surface area contributed by atoms with Gasteiger partial charge in [-0.3, -0.25) is 10.2 Å². The molecule has 49 heavy (non-hydrogen) atoms. The molecular formula is C35H30BrF6N3O4. The van der Waals surface area contributed by atoms with Crippen molar-refractivity contribution >= 4 is 27.7 Å². The van der Waals surface area contributed by atoms with Crippen LogP contribution < -0.4 is 15.6 Å². The van der Waals surface area contributed by atoms with Crippen molar-refractivity contribution in [3.8, 4) is 5.75 Å². The van der Waals surface area contributed by atoms with Crippen molar-refractivity contribution in [3.63, 3.8) is 0 Å². The highest BCUT2D eigenvalue weighted by molar-refractivity contribution is 9.10. The maximum Gasteiger partial charge on any atom is 0.416 e. The zero-order chi connectivity index (χ0) is 35.2. The Morgan fingerprint density at radius 2 is 1.51 bits per heavy atom. The number of alkyl halides is 6. The third-order valence-corrected chi connectivity index (χ3v) is 8.40. The van der Waals surface area contributed by atoms with E-state index in [1.54, 1.807) is 78.9 Å². The normalized spacial score (nSPS) is 17.7. The van der Waals surface area contributed by atoms with E-state index in [4.69, 9.17) is 19.6 Å². The van der Waals surface area contributed by atoms with Crippen LogP contribution in [-0.2, 0) is 34.8 Å². The molecule has 0 aromatic heterocycles. The van der Waals surface area contributed by atoms with Crippen LogP contribution >= 0.6 is 15.9 Å². The molecule has 2 atom stereocenters. The van der Waals surface area contributed by atoms with Crippen molar-refractivity contribution < 1.29 is 45.7 Å². The van der Waals surface area contributed by atoms with Crippen molar-refractivity contribution in [2.75, 3.05) is 13.2 Å². The van der Waals surface area contributed by atoms with Crippen LogP contribution in [0.4, 0.5) is 26.3 Å². The van der Waals surface area contributed by atoms with E-state index in [9.17, 15) is 31.1 Å². The topological polar surface area (TPSA) is 92.2 Å². The molecule has 0 fully saturated rings. The van der Waals surface area contributed by atoms with Gasteiger partial charge in [-0.25, -0.2) is 10.4 Å². The third kappa shape index (κ3) is 8.61. The summed E-state index contributed by atoms with van der Waals surface area (Å²) in [5.74, 6) is -0.0700. The number of hydrazine groups is 1. The van der Waals surface area contributed by atoms with Gasteiger partial charge in [0.15, 0.2) is 11.6 Å². The van der Waals surface area contributed by atoms with Gasteiger partial charge in [-0.1, -0.05) is 64.5 Å². The summed E-state index contributed by atoms with van der Waals surface area (Å²) in [6, 6.07) is 24.0. The molecule has 4 aromatic rings. The molecule has 1 aliphatic heterocycles. The van der Waals surface area contributed by atoms with E-state index < -0.39 is 47.6 Å². The van der Waals surface area contributed by atoms with Crippen molar-refractivity contribution in [3.05, 3.63) is 135 Å². The van der Waals surface area contributed by atoms with Crippen molar-refractivity contribution in [1.29, 1.82) is 0 Å². The summed E-state index contributed by atoms with van der Waals surface area (Å²) in [5.41, 5.74) is 1.81. The summed E-state index contributed by atoms with van der Waals surface area (Å²) in [6.07, 6.45) is -10.6. The van der Waals surface area contributed by atoms with E-state index in [-0.39, 0.29) is 30.6 Å². The molecular weight excluding hydrogens is 720 g/mol. The van der Waals surface area contributed by atoms with E-state index in [1.807, 2.05) is 0 Å². The van der Waals surface area contributed by atoms with E-state index >= 15 is 0 Å². The minimum Gasteiger partial charge on any atom is -0.494 e. The third-order valence-electron chi connectivity index (χ3n) is 7.68. The maximum atomic E-state index is 14.3. The number of halogens is 7.